The Morgan fingerprint density at radius 3 is 2.43 bits per heavy atom. The van der Waals surface area contributed by atoms with E-state index in [1.807, 2.05) is 38.2 Å². The fourth-order valence-electron chi connectivity index (χ4n) is 10.3. The largest absolute Gasteiger partial charge is 0.416 e. The number of halogens is 3. The highest BCUT2D eigenvalue weighted by Gasteiger charge is 2.41. The van der Waals surface area contributed by atoms with Crippen LogP contribution in [0.3, 0.4) is 0 Å². The highest BCUT2D eigenvalue weighted by molar-refractivity contribution is 6.10. The summed E-state index contributed by atoms with van der Waals surface area (Å²) < 4.78 is 52.1. The van der Waals surface area contributed by atoms with Gasteiger partial charge in [-0.2, -0.15) is 13.2 Å². The average molecular weight is 931 g/mol. The van der Waals surface area contributed by atoms with Crippen LogP contribution in [0.15, 0.2) is 85.2 Å². The summed E-state index contributed by atoms with van der Waals surface area (Å²) in [5.74, 6) is 0.480. The van der Waals surface area contributed by atoms with Crippen LogP contribution in [0.5, 0.6) is 0 Å². The highest BCUT2D eigenvalue weighted by Crippen LogP contribution is 2.40. The summed E-state index contributed by atoms with van der Waals surface area (Å²) >= 11 is 0. The second kappa shape index (κ2) is 20.1. The predicted molar refractivity (Wildman–Crippen MR) is 250 cm³/mol. The second-order valence-electron chi connectivity index (χ2n) is 18.9. The van der Waals surface area contributed by atoms with Gasteiger partial charge in [-0.15, -0.1) is 10.2 Å². The monoisotopic (exact) mass is 930 g/mol. The number of rotatable bonds is 16. The first-order valence-electron chi connectivity index (χ1n) is 23.6. The van der Waals surface area contributed by atoms with Crippen LogP contribution in [0.2, 0.25) is 0 Å². The lowest BCUT2D eigenvalue weighted by atomic mass is 9.89. The van der Waals surface area contributed by atoms with Gasteiger partial charge < -0.3 is 24.0 Å². The quantitative estimate of drug-likeness (QED) is 0.0993. The smallest absolute Gasteiger partial charge is 0.372 e. The molecule has 2 atom stereocenters. The van der Waals surface area contributed by atoms with Crippen LogP contribution in [-0.4, -0.2) is 87.0 Å². The summed E-state index contributed by atoms with van der Waals surface area (Å²) in [5.41, 5.74) is 6.41. The molecule has 4 amide bonds. The molecule has 4 aliphatic heterocycles. The summed E-state index contributed by atoms with van der Waals surface area (Å²) in [6.07, 6.45) is 3.25. The van der Waals surface area contributed by atoms with E-state index in [2.05, 4.69) is 55.6 Å². The first-order valence-corrected chi connectivity index (χ1v) is 23.6. The third-order valence-electron chi connectivity index (χ3n) is 14.1. The van der Waals surface area contributed by atoms with Crippen LogP contribution >= 0.6 is 0 Å². The van der Waals surface area contributed by atoms with Crippen LogP contribution in [-0.2, 0) is 66.6 Å². The number of aromatic nitrogens is 3. The van der Waals surface area contributed by atoms with E-state index in [1.54, 1.807) is 34.0 Å². The Kier molecular flexibility index (Phi) is 13.8. The van der Waals surface area contributed by atoms with Crippen LogP contribution in [0.25, 0.3) is 0 Å². The van der Waals surface area contributed by atoms with Gasteiger partial charge in [-0.05, 0) is 134 Å². The third kappa shape index (κ3) is 10.5. The second-order valence-corrected chi connectivity index (χ2v) is 18.9. The molecule has 9 rings (SSSR count). The van der Waals surface area contributed by atoms with E-state index in [0.29, 0.717) is 61.7 Å². The number of carbonyl (C=O) groups is 4. The molecule has 13 nitrogen and oxygen atoms in total. The number of nitrogens with zero attached hydrogens (tertiary/aromatic N) is 7. The topological polar surface area (TPSA) is 133 Å². The van der Waals surface area contributed by atoms with Crippen molar-refractivity contribution >= 4 is 35.5 Å². The van der Waals surface area contributed by atoms with Crippen molar-refractivity contribution in [3.63, 3.8) is 0 Å². The maximum atomic E-state index is 14.6. The molecule has 5 heterocycles. The van der Waals surface area contributed by atoms with Crippen molar-refractivity contribution < 1.29 is 37.1 Å². The van der Waals surface area contributed by atoms with Crippen molar-refractivity contribution in [1.82, 2.24) is 29.9 Å². The van der Waals surface area contributed by atoms with Crippen molar-refractivity contribution in [2.24, 2.45) is 13.0 Å². The minimum Gasteiger partial charge on any atom is -0.372 e. The molecule has 4 aromatic carbocycles. The van der Waals surface area contributed by atoms with Crippen LogP contribution < -0.4 is 15.1 Å². The molecule has 0 spiro atoms. The fourth-order valence-corrected chi connectivity index (χ4v) is 10.3. The molecule has 356 valence electrons. The lowest BCUT2D eigenvalue weighted by molar-refractivity contribution is -0.138. The zero-order valence-corrected chi connectivity index (χ0v) is 38.5. The Morgan fingerprint density at radius 1 is 0.882 bits per heavy atom. The van der Waals surface area contributed by atoms with Crippen LogP contribution in [0.1, 0.15) is 111 Å². The molecular formula is C52H57F3N8O5. The van der Waals surface area contributed by atoms with Crippen molar-refractivity contribution in [1.29, 1.82) is 0 Å². The number of piperidine rings is 2. The van der Waals surface area contributed by atoms with E-state index < -0.39 is 17.6 Å². The van der Waals surface area contributed by atoms with Gasteiger partial charge in [0.15, 0.2) is 0 Å². The molecule has 0 saturated carbocycles. The van der Waals surface area contributed by atoms with E-state index in [0.717, 1.165) is 79.9 Å². The molecule has 4 aliphatic rings. The Labute approximate surface area is 394 Å². The molecular weight excluding hydrogens is 874 g/mol. The number of amides is 4. The number of nitrogens with one attached hydrogen (secondary N) is 1. The molecule has 2 fully saturated rings. The molecule has 1 aromatic heterocycles. The summed E-state index contributed by atoms with van der Waals surface area (Å²) in [5, 5.41) is 10.2. The van der Waals surface area contributed by atoms with E-state index in [-0.39, 0.29) is 54.6 Å². The highest BCUT2D eigenvalue weighted by atomic mass is 19.4. The van der Waals surface area contributed by atoms with Gasteiger partial charge in [0.05, 0.1) is 24.8 Å². The number of carbonyl (C=O) groups excluding carboxylic acids is 4. The Bertz CT molecular complexity index is 2660. The fraction of sp³-hybridized carbons (Fsp3) is 0.423. The molecule has 0 radical (unpaired) electrons. The summed E-state index contributed by atoms with van der Waals surface area (Å²) in [7, 11) is 1.84. The third-order valence-corrected chi connectivity index (χ3v) is 14.1. The van der Waals surface area contributed by atoms with Gasteiger partial charge >= 0.3 is 6.18 Å². The molecule has 2 saturated heterocycles. The normalized spacial score (nSPS) is 18.2. The zero-order valence-electron chi connectivity index (χ0n) is 38.5. The van der Waals surface area contributed by atoms with E-state index in [4.69, 9.17) is 4.74 Å². The molecule has 16 heteroatoms. The lowest BCUT2D eigenvalue weighted by Crippen LogP contribution is -2.39. The number of fused-ring (bicyclic) bond motifs is 2. The number of benzene rings is 4. The number of alkyl halides is 3. The van der Waals surface area contributed by atoms with Gasteiger partial charge in [-0.3, -0.25) is 29.4 Å². The van der Waals surface area contributed by atoms with Crippen LogP contribution in [0, 0.1) is 5.92 Å². The first-order chi connectivity index (χ1) is 32.8. The number of imide groups is 1. The number of likely N-dealkylation sites (tertiary alicyclic amines) is 1. The van der Waals surface area contributed by atoms with Gasteiger partial charge in [-0.1, -0.05) is 36.4 Å². The van der Waals surface area contributed by atoms with Crippen molar-refractivity contribution in [2.45, 2.75) is 103 Å². The molecule has 1 N–H and O–H groups in total. The SMILES string of the molecule is C[C@@H](CCC(=O)NC=O)N1Cc2cc(N3CCC(Cc4ccc(CO[C@@H]5CCCN(Cc6cc7c(c(C(F)(F)F)c6)CN(c6cccc(Cc8nncn8C)c6)C7=O)C5)cc4)CC3)ccc2C1=O. The summed E-state index contributed by atoms with van der Waals surface area (Å²) in [6, 6.07) is 24.7. The van der Waals surface area contributed by atoms with Gasteiger partial charge in [0.25, 0.3) is 11.8 Å². The van der Waals surface area contributed by atoms with Crippen molar-refractivity contribution in [2.75, 3.05) is 36.0 Å². The van der Waals surface area contributed by atoms with Crippen molar-refractivity contribution in [3.8, 4) is 0 Å². The Hall–Kier alpha value is -6.39. The molecule has 68 heavy (non-hydrogen) atoms. The van der Waals surface area contributed by atoms with E-state index >= 15 is 0 Å². The standard InChI is InChI=1S/C52H57F3N8O5/c1-34(8-15-49(65)56-33-64)62-28-40-26-41(13-14-44(40)50(62)66)61-19-16-36(17-20-61)21-35-9-11-37(12-10-35)31-68-43-7-4-18-60(29-43)27-39-23-45-46(47(24-39)52(53,54)55)30-63(51(45)67)42-6-3-5-38(22-42)25-48-58-57-32-59(48)2/h3,5-6,9-14,22-24,26,32-34,36,43H,4,7-8,15-21,25,27-31H2,1-2H3,(H,56,64,65)/t34-,43+/m0/s1. The number of hydrogen-bond donors (Lipinski definition) is 1. The minimum atomic E-state index is -4.62. The maximum Gasteiger partial charge on any atom is 0.416 e. The minimum absolute atomic E-state index is 0.00689. The number of aryl methyl sites for hydroxylation is 1. The zero-order chi connectivity index (χ0) is 47.5. The summed E-state index contributed by atoms with van der Waals surface area (Å²) in [4.78, 5) is 57.1. The first kappa shape index (κ1) is 46.7. The predicted octanol–water partition coefficient (Wildman–Crippen LogP) is 7.62. The molecule has 0 unspecified atom stereocenters. The van der Waals surface area contributed by atoms with E-state index in [9.17, 15) is 32.3 Å². The molecule has 0 aliphatic carbocycles. The summed E-state index contributed by atoms with van der Waals surface area (Å²) in [6.45, 7) is 6.19. The van der Waals surface area contributed by atoms with Gasteiger partial charge in [0.1, 0.15) is 12.2 Å². The van der Waals surface area contributed by atoms with Gasteiger partial charge in [0, 0.05) is 81.2 Å². The number of anilines is 2. The van der Waals surface area contributed by atoms with Crippen molar-refractivity contribution in [3.05, 3.63) is 141 Å². The molecule has 5 aromatic rings. The Balaban J connectivity index is 0.745. The number of hydrogen-bond acceptors (Lipinski definition) is 9. The molecule has 0 bridgehead atoms. The number of ether oxygens (including phenoxy) is 1. The van der Waals surface area contributed by atoms with E-state index in [1.165, 1.54) is 16.5 Å². The van der Waals surface area contributed by atoms with Gasteiger partial charge in [-0.25, -0.2) is 0 Å². The average Bonchev–Trinajstić information content (AvgIpc) is 4.01. The maximum absolute atomic E-state index is 14.6. The lowest BCUT2D eigenvalue weighted by Gasteiger charge is -2.34. The van der Waals surface area contributed by atoms with Gasteiger partial charge in [0.2, 0.25) is 12.3 Å². The van der Waals surface area contributed by atoms with Crippen LogP contribution in [0.4, 0.5) is 24.5 Å². The Morgan fingerprint density at radius 2 is 1.68 bits per heavy atom.